The van der Waals surface area contributed by atoms with E-state index in [0.717, 1.165) is 18.5 Å². The Morgan fingerprint density at radius 3 is 2.67 bits per heavy atom. The number of benzene rings is 1. The molecule has 1 aliphatic carbocycles. The molecule has 0 radical (unpaired) electrons. The second kappa shape index (κ2) is 7.29. The Balaban J connectivity index is 1.58. The number of anilines is 1. The molecule has 0 bridgehead atoms. The number of carbonyl (C=O) groups excluding carboxylic acids is 2. The molecule has 1 N–H and O–H groups in total. The summed E-state index contributed by atoms with van der Waals surface area (Å²) in [6, 6.07) is 6.66. The predicted octanol–water partition coefficient (Wildman–Crippen LogP) is 2.58. The number of nitrogens with one attached hydrogen (secondary N) is 1. The van der Waals surface area contributed by atoms with E-state index in [-0.39, 0.29) is 18.4 Å². The minimum atomic E-state index is -0.363. The van der Waals surface area contributed by atoms with Gasteiger partial charge in [0, 0.05) is 11.9 Å². The lowest BCUT2D eigenvalue weighted by atomic mass is 9.99. The van der Waals surface area contributed by atoms with E-state index >= 15 is 0 Å². The van der Waals surface area contributed by atoms with Crippen LogP contribution in [0.3, 0.4) is 0 Å². The lowest BCUT2D eigenvalue weighted by molar-refractivity contribution is -0.116. The molecule has 3 rings (SSSR count). The maximum atomic E-state index is 12.2. The standard InChI is InChI=1S/C18H21N3O3/c1-2-24-18(23)13-7-9-15(10-8-13)19-17(22)12-21-11-14-5-3-4-6-16(14)20-21/h7-11H,2-6,12H2,1H3,(H,19,22). The fourth-order valence-electron chi connectivity index (χ4n) is 2.86. The summed E-state index contributed by atoms with van der Waals surface area (Å²) in [5, 5.41) is 7.30. The van der Waals surface area contributed by atoms with Crippen LogP contribution < -0.4 is 5.32 Å². The van der Waals surface area contributed by atoms with Crippen molar-refractivity contribution in [1.29, 1.82) is 0 Å². The van der Waals surface area contributed by atoms with Crippen LogP contribution in [0.4, 0.5) is 5.69 Å². The fraction of sp³-hybridized carbons (Fsp3) is 0.389. The number of aryl methyl sites for hydroxylation is 2. The van der Waals surface area contributed by atoms with E-state index in [4.69, 9.17) is 4.74 Å². The van der Waals surface area contributed by atoms with Crippen molar-refractivity contribution >= 4 is 17.6 Å². The van der Waals surface area contributed by atoms with E-state index in [1.807, 2.05) is 6.20 Å². The molecule has 6 heteroatoms. The molecule has 2 aromatic rings. The highest BCUT2D eigenvalue weighted by Crippen LogP contribution is 2.19. The first-order valence-corrected chi connectivity index (χ1v) is 8.28. The van der Waals surface area contributed by atoms with Gasteiger partial charge in [0.2, 0.25) is 5.91 Å². The van der Waals surface area contributed by atoms with Crippen molar-refractivity contribution in [1.82, 2.24) is 9.78 Å². The van der Waals surface area contributed by atoms with Gasteiger partial charge in [-0.1, -0.05) is 0 Å². The zero-order valence-corrected chi connectivity index (χ0v) is 13.7. The van der Waals surface area contributed by atoms with Gasteiger partial charge in [0.25, 0.3) is 0 Å². The molecule has 6 nitrogen and oxygen atoms in total. The van der Waals surface area contributed by atoms with Gasteiger partial charge in [0.1, 0.15) is 6.54 Å². The molecule has 0 atom stereocenters. The molecule has 1 aromatic heterocycles. The lowest BCUT2D eigenvalue weighted by Gasteiger charge is -2.07. The van der Waals surface area contributed by atoms with E-state index in [0.29, 0.717) is 17.9 Å². The Labute approximate surface area is 140 Å². The molecule has 1 amide bonds. The number of carbonyl (C=O) groups is 2. The average molecular weight is 327 g/mol. The zero-order chi connectivity index (χ0) is 16.9. The minimum Gasteiger partial charge on any atom is -0.462 e. The molecule has 24 heavy (non-hydrogen) atoms. The maximum absolute atomic E-state index is 12.2. The summed E-state index contributed by atoms with van der Waals surface area (Å²) in [5.74, 6) is -0.503. The molecule has 0 saturated carbocycles. The molecule has 0 saturated heterocycles. The van der Waals surface area contributed by atoms with Gasteiger partial charge < -0.3 is 10.1 Å². The van der Waals surface area contributed by atoms with Crippen molar-refractivity contribution in [2.75, 3.05) is 11.9 Å². The number of amides is 1. The maximum Gasteiger partial charge on any atom is 0.338 e. The number of hydrogen-bond acceptors (Lipinski definition) is 4. The van der Waals surface area contributed by atoms with E-state index in [1.54, 1.807) is 35.9 Å². The molecule has 1 aromatic carbocycles. The molecule has 1 aliphatic rings. The third-order valence-electron chi connectivity index (χ3n) is 4.02. The molecule has 0 fully saturated rings. The minimum absolute atomic E-state index is 0.140. The van der Waals surface area contributed by atoms with Crippen molar-refractivity contribution in [3.8, 4) is 0 Å². The van der Waals surface area contributed by atoms with Gasteiger partial charge in [-0.25, -0.2) is 4.79 Å². The van der Waals surface area contributed by atoms with E-state index in [9.17, 15) is 9.59 Å². The van der Waals surface area contributed by atoms with Gasteiger partial charge in [-0.2, -0.15) is 5.10 Å². The Hall–Kier alpha value is -2.63. The SMILES string of the molecule is CCOC(=O)c1ccc(NC(=O)Cn2cc3c(n2)CCCC3)cc1. The first kappa shape index (κ1) is 16.2. The Morgan fingerprint density at radius 1 is 1.21 bits per heavy atom. The first-order valence-electron chi connectivity index (χ1n) is 8.28. The predicted molar refractivity (Wildman–Crippen MR) is 89.9 cm³/mol. The van der Waals surface area contributed by atoms with Crippen LogP contribution in [-0.2, 0) is 28.9 Å². The van der Waals surface area contributed by atoms with Gasteiger partial charge in [-0.15, -0.1) is 0 Å². The van der Waals surface area contributed by atoms with Crippen LogP contribution in [0.5, 0.6) is 0 Å². The summed E-state index contributed by atoms with van der Waals surface area (Å²) in [6.45, 7) is 2.29. The molecule has 0 unspecified atom stereocenters. The number of aromatic nitrogens is 2. The lowest BCUT2D eigenvalue weighted by Crippen LogP contribution is -2.19. The van der Waals surface area contributed by atoms with Gasteiger partial charge in [0.05, 0.1) is 17.9 Å². The smallest absolute Gasteiger partial charge is 0.338 e. The van der Waals surface area contributed by atoms with Crippen LogP contribution in [0, 0.1) is 0 Å². The number of esters is 1. The topological polar surface area (TPSA) is 73.2 Å². The van der Waals surface area contributed by atoms with Crippen LogP contribution >= 0.6 is 0 Å². The van der Waals surface area contributed by atoms with Crippen molar-refractivity contribution in [3.63, 3.8) is 0 Å². The third kappa shape index (κ3) is 3.82. The van der Waals surface area contributed by atoms with Crippen molar-refractivity contribution < 1.29 is 14.3 Å². The highest BCUT2D eigenvalue weighted by atomic mass is 16.5. The van der Waals surface area contributed by atoms with Crippen LogP contribution in [-0.4, -0.2) is 28.3 Å². The first-order chi connectivity index (χ1) is 11.7. The van der Waals surface area contributed by atoms with E-state index in [2.05, 4.69) is 10.4 Å². The van der Waals surface area contributed by atoms with Gasteiger partial charge in [0.15, 0.2) is 0 Å². The highest BCUT2D eigenvalue weighted by molar-refractivity contribution is 5.92. The Kier molecular flexibility index (Phi) is 4.93. The summed E-state index contributed by atoms with van der Waals surface area (Å²) >= 11 is 0. The number of rotatable bonds is 5. The third-order valence-corrected chi connectivity index (χ3v) is 4.02. The highest BCUT2D eigenvalue weighted by Gasteiger charge is 2.15. The second-order valence-electron chi connectivity index (χ2n) is 5.85. The quantitative estimate of drug-likeness (QED) is 0.857. The molecular formula is C18H21N3O3. The van der Waals surface area contributed by atoms with Crippen LogP contribution in [0.15, 0.2) is 30.5 Å². The van der Waals surface area contributed by atoms with E-state index < -0.39 is 0 Å². The van der Waals surface area contributed by atoms with Crippen LogP contribution in [0.25, 0.3) is 0 Å². The van der Waals surface area contributed by atoms with E-state index in [1.165, 1.54) is 18.4 Å². The second-order valence-corrected chi connectivity index (χ2v) is 5.85. The summed E-state index contributed by atoms with van der Waals surface area (Å²) in [6.07, 6.45) is 6.38. The van der Waals surface area contributed by atoms with Gasteiger partial charge in [-0.3, -0.25) is 9.48 Å². The van der Waals surface area contributed by atoms with Gasteiger partial charge in [-0.05, 0) is 62.4 Å². The zero-order valence-electron chi connectivity index (χ0n) is 13.7. The van der Waals surface area contributed by atoms with Crippen LogP contribution in [0.1, 0.15) is 41.4 Å². The Bertz CT molecular complexity index is 711. The average Bonchev–Trinajstić information content (AvgIpc) is 2.97. The molecular weight excluding hydrogens is 306 g/mol. The normalized spacial score (nSPS) is 13.2. The molecule has 0 spiro atoms. The van der Waals surface area contributed by atoms with Crippen molar-refractivity contribution in [2.45, 2.75) is 39.2 Å². The summed E-state index contributed by atoms with van der Waals surface area (Å²) < 4.78 is 6.64. The molecule has 1 heterocycles. The van der Waals surface area contributed by atoms with Crippen molar-refractivity contribution in [3.05, 3.63) is 47.3 Å². The number of fused-ring (bicyclic) bond motifs is 1. The molecule has 0 aliphatic heterocycles. The summed E-state index contributed by atoms with van der Waals surface area (Å²) in [4.78, 5) is 23.7. The summed E-state index contributed by atoms with van der Waals surface area (Å²) in [5.41, 5.74) is 3.49. The van der Waals surface area contributed by atoms with Crippen molar-refractivity contribution in [2.24, 2.45) is 0 Å². The fourth-order valence-corrected chi connectivity index (χ4v) is 2.86. The Morgan fingerprint density at radius 2 is 1.96 bits per heavy atom. The van der Waals surface area contributed by atoms with Gasteiger partial charge >= 0.3 is 5.97 Å². The summed E-state index contributed by atoms with van der Waals surface area (Å²) in [7, 11) is 0. The monoisotopic (exact) mass is 327 g/mol. The molecule has 126 valence electrons. The number of nitrogens with zero attached hydrogens (tertiary/aromatic N) is 2. The number of hydrogen-bond donors (Lipinski definition) is 1. The number of ether oxygens (including phenoxy) is 1. The van der Waals surface area contributed by atoms with Crippen LogP contribution in [0.2, 0.25) is 0 Å². The largest absolute Gasteiger partial charge is 0.462 e.